The number of allylic oxidation sites excluding steroid dienone is 3. The summed E-state index contributed by atoms with van der Waals surface area (Å²) in [6.45, 7) is 0. The van der Waals surface area contributed by atoms with E-state index in [0.717, 1.165) is 0 Å². The van der Waals surface area contributed by atoms with Crippen LogP contribution in [0, 0.1) is 0 Å². The third kappa shape index (κ3) is 1.40. The quantitative estimate of drug-likeness (QED) is 0.569. The van der Waals surface area contributed by atoms with E-state index in [1.165, 1.54) is 6.08 Å². The number of sulfonamides is 1. The first-order valence-electron chi connectivity index (χ1n) is 2.50. The smallest absolute Gasteiger partial charge is 0.225 e. The number of hydrogen-bond donors (Lipinski definition) is 1. The lowest BCUT2D eigenvalue weighted by Gasteiger charge is -1.90. The van der Waals surface area contributed by atoms with Gasteiger partial charge in [-0.3, -0.25) is 0 Å². The molecule has 0 unspecified atom stereocenters. The van der Waals surface area contributed by atoms with Crippen LogP contribution in [0.3, 0.4) is 0 Å². The Hall–Kier alpha value is -0.610. The Kier molecular flexibility index (Phi) is 1.42. The zero-order valence-corrected chi connectivity index (χ0v) is 5.56. The monoisotopic (exact) mass is 145 g/mol. The molecule has 0 aromatic heterocycles. The van der Waals surface area contributed by atoms with E-state index in [4.69, 9.17) is 5.14 Å². The average Bonchev–Trinajstić information content (AvgIpc) is 2.08. The standard InChI is InChI=1S/C5H7NO2S/c6-9(7,8)5-3-1-2-4-5/h1,3-4H,2H2,(H2,6,7,8). The van der Waals surface area contributed by atoms with Gasteiger partial charge < -0.3 is 0 Å². The van der Waals surface area contributed by atoms with Gasteiger partial charge in [0.15, 0.2) is 0 Å². The van der Waals surface area contributed by atoms with Gasteiger partial charge in [-0.05, 0) is 12.5 Å². The van der Waals surface area contributed by atoms with Crippen LogP contribution < -0.4 is 5.14 Å². The lowest BCUT2D eigenvalue weighted by molar-refractivity contribution is 0.604. The lowest BCUT2D eigenvalue weighted by Crippen LogP contribution is -2.12. The van der Waals surface area contributed by atoms with Crippen molar-refractivity contribution < 1.29 is 8.42 Å². The molecule has 0 bridgehead atoms. The molecule has 0 aromatic rings. The number of rotatable bonds is 1. The summed E-state index contributed by atoms with van der Waals surface area (Å²) >= 11 is 0. The fraction of sp³-hybridized carbons (Fsp3) is 0.200. The highest BCUT2D eigenvalue weighted by Crippen LogP contribution is 2.11. The topological polar surface area (TPSA) is 60.2 Å². The van der Waals surface area contributed by atoms with E-state index >= 15 is 0 Å². The van der Waals surface area contributed by atoms with Crippen LogP contribution in [-0.4, -0.2) is 8.42 Å². The zero-order chi connectivity index (χ0) is 6.91. The molecule has 1 aliphatic carbocycles. The van der Waals surface area contributed by atoms with Gasteiger partial charge >= 0.3 is 0 Å². The third-order valence-corrected chi connectivity index (χ3v) is 2.03. The molecule has 0 atom stereocenters. The van der Waals surface area contributed by atoms with Gasteiger partial charge in [-0.1, -0.05) is 12.2 Å². The molecule has 3 nitrogen and oxygen atoms in total. The van der Waals surface area contributed by atoms with Gasteiger partial charge in [-0.15, -0.1) is 0 Å². The van der Waals surface area contributed by atoms with E-state index in [9.17, 15) is 8.42 Å². The van der Waals surface area contributed by atoms with Crippen molar-refractivity contribution in [3.05, 3.63) is 23.1 Å². The number of nitrogens with two attached hydrogens (primary N) is 1. The maximum absolute atomic E-state index is 10.5. The van der Waals surface area contributed by atoms with E-state index in [-0.39, 0.29) is 4.91 Å². The summed E-state index contributed by atoms with van der Waals surface area (Å²) in [4.78, 5) is 0.225. The lowest BCUT2D eigenvalue weighted by atomic mass is 10.5. The highest BCUT2D eigenvalue weighted by atomic mass is 32.2. The zero-order valence-electron chi connectivity index (χ0n) is 4.74. The van der Waals surface area contributed by atoms with E-state index in [1.807, 2.05) is 0 Å². The molecule has 0 amide bonds. The Balaban J connectivity index is 3.01. The normalized spacial score (nSPS) is 18.1. The summed E-state index contributed by atoms with van der Waals surface area (Å²) in [5.41, 5.74) is 0. The van der Waals surface area contributed by atoms with Gasteiger partial charge in [0.2, 0.25) is 10.0 Å². The summed E-state index contributed by atoms with van der Waals surface area (Å²) in [5.74, 6) is 0. The second kappa shape index (κ2) is 1.97. The van der Waals surface area contributed by atoms with Gasteiger partial charge in [-0.2, -0.15) is 0 Å². The van der Waals surface area contributed by atoms with Crippen molar-refractivity contribution in [1.82, 2.24) is 0 Å². The van der Waals surface area contributed by atoms with Gasteiger partial charge in [0.05, 0.1) is 4.91 Å². The Labute approximate surface area is 53.9 Å². The second-order valence-electron chi connectivity index (χ2n) is 1.79. The van der Waals surface area contributed by atoms with Crippen LogP contribution >= 0.6 is 0 Å². The van der Waals surface area contributed by atoms with Crippen LogP contribution in [0.25, 0.3) is 0 Å². The van der Waals surface area contributed by atoms with E-state index < -0.39 is 10.0 Å². The molecular weight excluding hydrogens is 138 g/mol. The summed E-state index contributed by atoms with van der Waals surface area (Å²) in [6.07, 6.45) is 5.51. The Bertz CT molecular complexity index is 261. The highest BCUT2D eigenvalue weighted by molar-refractivity contribution is 7.93. The predicted molar refractivity (Wildman–Crippen MR) is 34.9 cm³/mol. The Morgan fingerprint density at radius 1 is 1.56 bits per heavy atom. The molecule has 0 heterocycles. The molecule has 0 saturated heterocycles. The Morgan fingerprint density at radius 3 is 2.44 bits per heavy atom. The van der Waals surface area contributed by atoms with Crippen LogP contribution in [0.5, 0.6) is 0 Å². The molecule has 0 saturated carbocycles. The molecule has 2 N–H and O–H groups in total. The first kappa shape index (κ1) is 6.51. The summed E-state index contributed by atoms with van der Waals surface area (Å²) in [7, 11) is -3.43. The maximum Gasteiger partial charge on any atom is 0.237 e. The minimum atomic E-state index is -3.43. The molecule has 0 spiro atoms. The molecule has 0 aromatic carbocycles. The minimum Gasteiger partial charge on any atom is -0.225 e. The van der Waals surface area contributed by atoms with Gasteiger partial charge in [0.25, 0.3) is 0 Å². The van der Waals surface area contributed by atoms with Crippen LogP contribution in [0.2, 0.25) is 0 Å². The van der Waals surface area contributed by atoms with E-state index in [2.05, 4.69) is 0 Å². The average molecular weight is 145 g/mol. The van der Waals surface area contributed by atoms with Gasteiger partial charge in [-0.25, -0.2) is 13.6 Å². The first-order valence-corrected chi connectivity index (χ1v) is 4.05. The highest BCUT2D eigenvalue weighted by Gasteiger charge is 2.09. The van der Waals surface area contributed by atoms with Crippen molar-refractivity contribution in [2.24, 2.45) is 5.14 Å². The molecular formula is C5H7NO2S. The van der Waals surface area contributed by atoms with Gasteiger partial charge in [0, 0.05) is 0 Å². The molecule has 4 heteroatoms. The van der Waals surface area contributed by atoms with Gasteiger partial charge in [0.1, 0.15) is 0 Å². The maximum atomic E-state index is 10.5. The van der Waals surface area contributed by atoms with Crippen LogP contribution in [-0.2, 0) is 10.0 Å². The van der Waals surface area contributed by atoms with Crippen LogP contribution in [0.1, 0.15) is 6.42 Å². The molecule has 1 aliphatic rings. The SMILES string of the molecule is NS(=O)(=O)C1=CCC=C1. The third-order valence-electron chi connectivity index (χ3n) is 1.07. The molecule has 0 radical (unpaired) electrons. The number of hydrogen-bond acceptors (Lipinski definition) is 2. The van der Waals surface area contributed by atoms with Crippen molar-refractivity contribution in [3.63, 3.8) is 0 Å². The molecule has 9 heavy (non-hydrogen) atoms. The van der Waals surface area contributed by atoms with Crippen molar-refractivity contribution in [3.8, 4) is 0 Å². The van der Waals surface area contributed by atoms with E-state index in [0.29, 0.717) is 6.42 Å². The first-order chi connectivity index (χ1) is 4.11. The molecule has 50 valence electrons. The predicted octanol–water partition coefficient (Wildman–Crippen LogP) is 0.119. The number of primary sulfonamides is 1. The summed E-state index contributed by atoms with van der Waals surface area (Å²) in [6, 6.07) is 0. The second-order valence-corrected chi connectivity index (χ2v) is 3.35. The fourth-order valence-electron chi connectivity index (χ4n) is 0.647. The molecule has 0 fully saturated rings. The minimum absolute atomic E-state index is 0.225. The van der Waals surface area contributed by atoms with E-state index in [1.54, 1.807) is 12.2 Å². The largest absolute Gasteiger partial charge is 0.237 e. The van der Waals surface area contributed by atoms with Crippen molar-refractivity contribution in [1.29, 1.82) is 0 Å². The van der Waals surface area contributed by atoms with Crippen molar-refractivity contribution in [2.75, 3.05) is 0 Å². The summed E-state index contributed by atoms with van der Waals surface area (Å²) in [5, 5.41) is 4.79. The van der Waals surface area contributed by atoms with Crippen molar-refractivity contribution >= 4 is 10.0 Å². The molecule has 1 rings (SSSR count). The van der Waals surface area contributed by atoms with Crippen molar-refractivity contribution in [2.45, 2.75) is 6.42 Å². The summed E-state index contributed by atoms with van der Waals surface area (Å²) < 4.78 is 21.0. The fourth-order valence-corrected chi connectivity index (χ4v) is 1.26. The Morgan fingerprint density at radius 2 is 2.22 bits per heavy atom. The van der Waals surface area contributed by atoms with Crippen LogP contribution in [0.4, 0.5) is 0 Å². The van der Waals surface area contributed by atoms with Crippen LogP contribution in [0.15, 0.2) is 23.1 Å². The molecule has 0 aliphatic heterocycles.